The van der Waals surface area contributed by atoms with Crippen molar-refractivity contribution in [1.82, 2.24) is 14.2 Å². The van der Waals surface area contributed by atoms with E-state index in [9.17, 15) is 31.1 Å². The summed E-state index contributed by atoms with van der Waals surface area (Å²) in [4.78, 5) is -0.460. The minimum absolute atomic E-state index is 0.0256. The number of sulfonamides is 1. The van der Waals surface area contributed by atoms with Crippen LogP contribution in [-0.4, -0.2) is 52.0 Å². The van der Waals surface area contributed by atoms with Crippen molar-refractivity contribution >= 4 is 15.7 Å². The summed E-state index contributed by atoms with van der Waals surface area (Å²) in [6, 6.07) is 0. The third-order valence-electron chi connectivity index (χ3n) is 3.52. The highest BCUT2D eigenvalue weighted by atomic mass is 32.2. The largest absolute Gasteiger partial charge is 0.364 e. The molecule has 0 fully saturated rings. The Morgan fingerprint density at radius 1 is 1.26 bits per heavy atom. The van der Waals surface area contributed by atoms with Gasteiger partial charge >= 0.3 is 0 Å². The van der Waals surface area contributed by atoms with Crippen LogP contribution in [0.4, 0.5) is 17.6 Å². The highest BCUT2D eigenvalue weighted by molar-refractivity contribution is 7.89. The van der Waals surface area contributed by atoms with Crippen LogP contribution in [-0.2, 0) is 17.1 Å². The van der Waals surface area contributed by atoms with Gasteiger partial charge in [0.2, 0.25) is 5.72 Å². The molecule has 130 valence electrons. The summed E-state index contributed by atoms with van der Waals surface area (Å²) in [5.41, 5.74) is -4.42. The van der Waals surface area contributed by atoms with Crippen molar-refractivity contribution in [2.45, 2.75) is 43.7 Å². The monoisotopic (exact) mass is 358 g/mol. The van der Waals surface area contributed by atoms with Crippen LogP contribution < -0.4 is 0 Å². The molecule has 2 rings (SSSR count). The number of alkyl halides is 4. The van der Waals surface area contributed by atoms with Gasteiger partial charge in [0.05, 0.1) is 11.4 Å². The highest BCUT2D eigenvalue weighted by Gasteiger charge is 2.56. The summed E-state index contributed by atoms with van der Waals surface area (Å²) < 4.78 is 77.9. The molecular formula is C11H14F4N4O3S. The first kappa shape index (κ1) is 17.7. The fourth-order valence-electron chi connectivity index (χ4n) is 2.33. The summed E-state index contributed by atoms with van der Waals surface area (Å²) in [6.07, 6.45) is -8.17. The molecule has 1 N–H and O–H groups in total. The molecule has 0 saturated heterocycles. The molecule has 0 aromatic carbocycles. The zero-order valence-electron chi connectivity index (χ0n) is 12.3. The Labute approximate surface area is 129 Å². The summed E-state index contributed by atoms with van der Waals surface area (Å²) in [5, 5.41) is 16.8. The maximum atomic E-state index is 13.2. The first-order valence-corrected chi connectivity index (χ1v) is 7.78. The molecule has 12 heteroatoms. The normalized spacial score (nSPS) is 22.3. The van der Waals surface area contributed by atoms with E-state index in [-0.39, 0.29) is 15.8 Å². The van der Waals surface area contributed by atoms with Gasteiger partial charge in [-0.25, -0.2) is 17.6 Å². The molecular weight excluding hydrogens is 344 g/mol. The van der Waals surface area contributed by atoms with Gasteiger partial charge in [-0.2, -0.15) is 18.6 Å². The average Bonchev–Trinajstić information content (AvgIpc) is 2.90. The van der Waals surface area contributed by atoms with E-state index in [1.807, 2.05) is 0 Å². The van der Waals surface area contributed by atoms with E-state index in [4.69, 9.17) is 0 Å². The molecule has 0 aliphatic carbocycles. The van der Waals surface area contributed by atoms with Crippen LogP contribution in [0.1, 0.15) is 17.8 Å². The molecule has 1 aromatic heterocycles. The summed E-state index contributed by atoms with van der Waals surface area (Å²) in [6.45, 7) is 2.68. The minimum Gasteiger partial charge on any atom is -0.364 e. The van der Waals surface area contributed by atoms with Crippen molar-refractivity contribution in [3.05, 3.63) is 11.4 Å². The fourth-order valence-corrected chi connectivity index (χ4v) is 4.20. The van der Waals surface area contributed by atoms with Gasteiger partial charge in [0, 0.05) is 13.5 Å². The van der Waals surface area contributed by atoms with Gasteiger partial charge in [-0.1, -0.05) is 0 Å². The van der Waals surface area contributed by atoms with Crippen molar-refractivity contribution < 1.29 is 31.1 Å². The van der Waals surface area contributed by atoms with E-state index in [0.717, 1.165) is 0 Å². The minimum atomic E-state index is -4.80. The van der Waals surface area contributed by atoms with Crippen LogP contribution in [0.25, 0.3) is 0 Å². The third kappa shape index (κ3) is 2.59. The number of hydrogen-bond acceptors (Lipinski definition) is 5. The molecule has 1 aliphatic rings. The topological polar surface area (TPSA) is 87.8 Å². The standard InChI is InChI=1S/C11H14F4N4O3S/c1-5-8(6(2)18(3)16-5)23(21,22)19-11(20,10(14)15)4-7(17-19)9(12)13/h9-10,20H,4H2,1-3H3/t11-/m1/s1. The number of aryl methyl sites for hydroxylation is 2. The van der Waals surface area contributed by atoms with Crippen molar-refractivity contribution in [3.8, 4) is 0 Å². The molecule has 7 nitrogen and oxygen atoms in total. The molecule has 0 radical (unpaired) electrons. The Bertz CT molecular complexity index is 762. The molecule has 1 aromatic rings. The van der Waals surface area contributed by atoms with E-state index < -0.39 is 45.6 Å². The lowest BCUT2D eigenvalue weighted by Crippen LogP contribution is -2.51. The number of hydrogen-bond donors (Lipinski definition) is 1. The quantitative estimate of drug-likeness (QED) is 0.814. The van der Waals surface area contributed by atoms with Crippen LogP contribution in [0.5, 0.6) is 0 Å². The average molecular weight is 358 g/mol. The second kappa shape index (κ2) is 5.44. The van der Waals surface area contributed by atoms with Crippen molar-refractivity contribution in [2.75, 3.05) is 0 Å². The third-order valence-corrected chi connectivity index (χ3v) is 5.48. The molecule has 2 heterocycles. The number of nitrogens with zero attached hydrogens (tertiary/aromatic N) is 4. The SMILES string of the molecule is Cc1nn(C)c(C)c1S(=O)(=O)N1N=C(C(F)F)C[C@@]1(O)C(F)F. The van der Waals surface area contributed by atoms with E-state index in [1.54, 1.807) is 0 Å². The highest BCUT2D eigenvalue weighted by Crippen LogP contribution is 2.38. The summed E-state index contributed by atoms with van der Waals surface area (Å²) >= 11 is 0. The zero-order chi connectivity index (χ0) is 17.7. The maximum absolute atomic E-state index is 13.2. The predicted molar refractivity (Wildman–Crippen MR) is 70.7 cm³/mol. The van der Waals surface area contributed by atoms with Crippen LogP contribution in [0.2, 0.25) is 0 Å². The maximum Gasteiger partial charge on any atom is 0.288 e. The molecule has 23 heavy (non-hydrogen) atoms. The van der Waals surface area contributed by atoms with Gasteiger partial charge in [-0.05, 0) is 13.8 Å². The molecule has 0 amide bonds. The molecule has 1 atom stereocenters. The van der Waals surface area contributed by atoms with Gasteiger partial charge in [0.25, 0.3) is 22.9 Å². The second-order valence-electron chi connectivity index (χ2n) is 5.12. The first-order chi connectivity index (χ1) is 10.4. The Morgan fingerprint density at radius 2 is 1.83 bits per heavy atom. The summed E-state index contributed by atoms with van der Waals surface area (Å²) in [5.74, 6) is 0. The van der Waals surface area contributed by atoms with Crippen LogP contribution >= 0.6 is 0 Å². The van der Waals surface area contributed by atoms with Crippen LogP contribution in [0.3, 0.4) is 0 Å². The Hall–Kier alpha value is -1.69. The molecule has 0 unspecified atom stereocenters. The molecule has 0 bridgehead atoms. The Kier molecular flexibility index (Phi) is 4.18. The lowest BCUT2D eigenvalue weighted by molar-refractivity contribution is -0.150. The van der Waals surface area contributed by atoms with Gasteiger partial charge in [-0.3, -0.25) is 4.68 Å². The van der Waals surface area contributed by atoms with E-state index in [0.29, 0.717) is 0 Å². The number of aromatic nitrogens is 2. The van der Waals surface area contributed by atoms with Gasteiger partial charge in [0.1, 0.15) is 10.6 Å². The number of rotatable bonds is 4. The van der Waals surface area contributed by atoms with Crippen molar-refractivity contribution in [2.24, 2.45) is 12.1 Å². The fraction of sp³-hybridized carbons (Fsp3) is 0.636. The van der Waals surface area contributed by atoms with E-state index in [2.05, 4.69) is 10.2 Å². The molecule has 1 aliphatic heterocycles. The lowest BCUT2D eigenvalue weighted by Gasteiger charge is -2.30. The van der Waals surface area contributed by atoms with Crippen LogP contribution in [0, 0.1) is 13.8 Å². The van der Waals surface area contributed by atoms with Crippen molar-refractivity contribution in [3.63, 3.8) is 0 Å². The number of hydrazone groups is 1. The number of aliphatic hydroxyl groups is 1. The Balaban J connectivity index is 2.64. The van der Waals surface area contributed by atoms with E-state index >= 15 is 0 Å². The first-order valence-electron chi connectivity index (χ1n) is 6.34. The van der Waals surface area contributed by atoms with Crippen molar-refractivity contribution in [1.29, 1.82) is 0 Å². The van der Waals surface area contributed by atoms with Gasteiger partial charge in [-0.15, -0.1) is 4.41 Å². The molecule has 0 saturated carbocycles. The number of halogens is 4. The second-order valence-corrected chi connectivity index (χ2v) is 6.82. The van der Waals surface area contributed by atoms with Gasteiger partial charge < -0.3 is 5.11 Å². The van der Waals surface area contributed by atoms with Crippen LogP contribution in [0.15, 0.2) is 10.00 Å². The zero-order valence-corrected chi connectivity index (χ0v) is 13.2. The Morgan fingerprint density at radius 3 is 2.22 bits per heavy atom. The smallest absolute Gasteiger partial charge is 0.288 e. The summed E-state index contributed by atoms with van der Waals surface area (Å²) in [7, 11) is -3.37. The molecule has 0 spiro atoms. The van der Waals surface area contributed by atoms with E-state index in [1.165, 1.54) is 25.6 Å². The van der Waals surface area contributed by atoms with Gasteiger partial charge in [0.15, 0.2) is 0 Å². The predicted octanol–water partition coefficient (Wildman–Crippen LogP) is 1.01. The lowest BCUT2D eigenvalue weighted by atomic mass is 10.1.